The van der Waals surface area contributed by atoms with Crippen molar-refractivity contribution in [1.29, 1.82) is 0 Å². The average molecular weight is 538 g/mol. The summed E-state index contributed by atoms with van der Waals surface area (Å²) >= 11 is 0. The fraction of sp³-hybridized carbons (Fsp3) is 0.200. The lowest BCUT2D eigenvalue weighted by Gasteiger charge is -2.28. The van der Waals surface area contributed by atoms with Gasteiger partial charge < -0.3 is 16.4 Å². The normalized spacial score (nSPS) is 14.6. The quantitative estimate of drug-likeness (QED) is 0.351. The second kappa shape index (κ2) is 10.0. The zero-order valence-electron chi connectivity index (χ0n) is 21.9. The monoisotopic (exact) mass is 537 g/mol. The number of carbonyl (C=O) groups excluding carboxylic acids is 1. The number of amides is 1. The number of nitrogen functional groups attached to an aromatic ring is 1. The summed E-state index contributed by atoms with van der Waals surface area (Å²) in [5.74, 6) is -0.914. The third kappa shape index (κ3) is 4.32. The molecule has 1 amide bonds. The van der Waals surface area contributed by atoms with Crippen LogP contribution >= 0.6 is 0 Å². The van der Waals surface area contributed by atoms with Crippen molar-refractivity contribution >= 4 is 17.2 Å². The molecule has 9 nitrogen and oxygen atoms in total. The van der Waals surface area contributed by atoms with Crippen molar-refractivity contribution in [3.8, 4) is 27.9 Å². The van der Waals surface area contributed by atoms with Crippen LogP contribution in [0.3, 0.4) is 0 Å². The molecular formula is C30H28FN7O2. The van der Waals surface area contributed by atoms with Gasteiger partial charge in [-0.1, -0.05) is 30.3 Å². The molecule has 202 valence electrons. The zero-order chi connectivity index (χ0) is 28.0. The van der Waals surface area contributed by atoms with E-state index in [1.165, 1.54) is 17.0 Å². The van der Waals surface area contributed by atoms with Crippen LogP contribution in [-0.4, -0.2) is 50.1 Å². The number of para-hydroxylation sites is 1. The lowest BCUT2D eigenvalue weighted by atomic mass is 9.93. The van der Waals surface area contributed by atoms with Crippen LogP contribution in [0.4, 0.5) is 10.2 Å². The minimum atomic E-state index is -0.888. The molecule has 6 rings (SSSR count). The number of hydrogen-bond acceptors (Lipinski definition) is 6. The lowest BCUT2D eigenvalue weighted by Crippen LogP contribution is -2.29. The number of aromatic nitrogens is 4. The standard InChI is InChI=1S/C30H28FN7O2/c1-36-12-9-18(10-13-36)25-16-23(27-28(32)34-17-35-38(25)27)22-8-7-19(15-24(22)31)21-11-14-37(20-5-3-2-4-6-20)30(40)26(21)29(33)39/h2-8,11,14-18H,9-10,12-13H2,1H3,(H2,33,39)(H2,32,34,35). The topological polar surface area (TPSA) is 125 Å². The van der Waals surface area contributed by atoms with Crippen LogP contribution in [0.5, 0.6) is 0 Å². The van der Waals surface area contributed by atoms with Gasteiger partial charge in [0, 0.05) is 40.2 Å². The third-order valence-electron chi connectivity index (χ3n) is 7.69. The Morgan fingerprint density at radius 1 is 1.00 bits per heavy atom. The van der Waals surface area contributed by atoms with Crippen LogP contribution < -0.4 is 17.0 Å². The summed E-state index contributed by atoms with van der Waals surface area (Å²) in [6.45, 7) is 1.92. The van der Waals surface area contributed by atoms with Crippen molar-refractivity contribution in [2.75, 3.05) is 25.9 Å². The van der Waals surface area contributed by atoms with Gasteiger partial charge in [-0.05, 0) is 68.9 Å². The number of pyridine rings is 1. The van der Waals surface area contributed by atoms with Crippen molar-refractivity contribution in [3.05, 3.63) is 101 Å². The molecule has 0 atom stereocenters. The number of primary amides is 1. The molecule has 0 saturated carbocycles. The second-order valence-corrected chi connectivity index (χ2v) is 10.1. The molecule has 4 heterocycles. The molecule has 0 radical (unpaired) electrons. The molecule has 0 aliphatic carbocycles. The van der Waals surface area contributed by atoms with Gasteiger partial charge in [0.2, 0.25) is 0 Å². The Balaban J connectivity index is 1.45. The SMILES string of the molecule is CN1CCC(c2cc(-c3ccc(-c4ccn(-c5ccccc5)c(=O)c4C(N)=O)cc3F)c3c(N)ncnn23)CC1. The van der Waals surface area contributed by atoms with E-state index in [0.717, 1.165) is 31.6 Å². The summed E-state index contributed by atoms with van der Waals surface area (Å²) in [6.07, 6.45) is 4.88. The van der Waals surface area contributed by atoms with Crippen molar-refractivity contribution in [1.82, 2.24) is 24.1 Å². The van der Waals surface area contributed by atoms with Crippen molar-refractivity contribution < 1.29 is 9.18 Å². The number of fused-ring (bicyclic) bond motifs is 1. The van der Waals surface area contributed by atoms with E-state index >= 15 is 4.39 Å². The van der Waals surface area contributed by atoms with Crippen LogP contribution in [0.25, 0.3) is 33.5 Å². The molecule has 5 aromatic rings. The first-order valence-corrected chi connectivity index (χ1v) is 13.1. The van der Waals surface area contributed by atoms with Gasteiger partial charge in [-0.2, -0.15) is 5.10 Å². The van der Waals surface area contributed by atoms with E-state index in [1.54, 1.807) is 53.2 Å². The first kappa shape index (κ1) is 25.4. The molecule has 2 aromatic carbocycles. The molecule has 0 unspecified atom stereocenters. The van der Waals surface area contributed by atoms with E-state index in [0.29, 0.717) is 27.9 Å². The molecule has 1 aliphatic heterocycles. The fourth-order valence-electron chi connectivity index (χ4n) is 5.60. The molecule has 1 saturated heterocycles. The maximum absolute atomic E-state index is 15.9. The fourth-order valence-corrected chi connectivity index (χ4v) is 5.60. The van der Waals surface area contributed by atoms with E-state index in [-0.39, 0.29) is 22.9 Å². The van der Waals surface area contributed by atoms with Gasteiger partial charge in [-0.25, -0.2) is 13.9 Å². The highest BCUT2D eigenvalue weighted by Gasteiger charge is 2.26. The molecular weight excluding hydrogens is 509 g/mol. The number of anilines is 1. The number of benzene rings is 2. The Kier molecular flexibility index (Phi) is 6.39. The molecule has 0 bridgehead atoms. The number of nitrogens with two attached hydrogens (primary N) is 2. The number of rotatable bonds is 5. The Labute approximate surface area is 229 Å². The van der Waals surface area contributed by atoms with Gasteiger partial charge in [0.1, 0.15) is 23.2 Å². The molecule has 0 spiro atoms. The smallest absolute Gasteiger partial charge is 0.268 e. The largest absolute Gasteiger partial charge is 0.382 e. The summed E-state index contributed by atoms with van der Waals surface area (Å²) in [6, 6.07) is 17.0. The first-order valence-electron chi connectivity index (χ1n) is 13.1. The number of piperidine rings is 1. The lowest BCUT2D eigenvalue weighted by molar-refractivity contribution is 0.0999. The molecule has 10 heteroatoms. The van der Waals surface area contributed by atoms with E-state index in [2.05, 4.69) is 22.0 Å². The highest BCUT2D eigenvalue weighted by atomic mass is 19.1. The number of likely N-dealkylation sites (tertiary alicyclic amines) is 1. The summed E-state index contributed by atoms with van der Waals surface area (Å²) in [5, 5.41) is 4.45. The van der Waals surface area contributed by atoms with Gasteiger partial charge in [-0.15, -0.1) is 0 Å². The summed E-state index contributed by atoms with van der Waals surface area (Å²) < 4.78 is 19.0. The molecule has 4 N–H and O–H groups in total. The Hall–Kier alpha value is -4.83. The Bertz CT molecular complexity index is 1800. The number of halogens is 1. The van der Waals surface area contributed by atoms with Gasteiger partial charge in [0.05, 0.1) is 0 Å². The van der Waals surface area contributed by atoms with Gasteiger partial charge >= 0.3 is 0 Å². The van der Waals surface area contributed by atoms with Crippen LogP contribution in [0, 0.1) is 5.82 Å². The van der Waals surface area contributed by atoms with E-state index in [4.69, 9.17) is 11.5 Å². The van der Waals surface area contributed by atoms with Gasteiger partial charge in [0.25, 0.3) is 11.5 Å². The maximum atomic E-state index is 15.9. The van der Waals surface area contributed by atoms with Crippen molar-refractivity contribution in [3.63, 3.8) is 0 Å². The predicted octanol–water partition coefficient (Wildman–Crippen LogP) is 3.84. The second-order valence-electron chi connectivity index (χ2n) is 10.1. The Morgan fingerprint density at radius 2 is 1.75 bits per heavy atom. The van der Waals surface area contributed by atoms with Crippen molar-refractivity contribution in [2.24, 2.45) is 5.73 Å². The van der Waals surface area contributed by atoms with E-state index in [1.807, 2.05) is 12.1 Å². The molecule has 1 aliphatic rings. The number of carbonyl (C=O) groups is 1. The molecule has 3 aromatic heterocycles. The number of hydrogen-bond donors (Lipinski definition) is 2. The Morgan fingerprint density at radius 3 is 2.45 bits per heavy atom. The highest BCUT2D eigenvalue weighted by Crippen LogP contribution is 2.38. The van der Waals surface area contributed by atoms with Gasteiger partial charge in [-0.3, -0.25) is 14.2 Å². The van der Waals surface area contributed by atoms with Crippen LogP contribution in [-0.2, 0) is 0 Å². The summed E-state index contributed by atoms with van der Waals surface area (Å²) in [7, 11) is 2.10. The third-order valence-corrected chi connectivity index (χ3v) is 7.69. The van der Waals surface area contributed by atoms with Crippen LogP contribution in [0.15, 0.2) is 78.0 Å². The minimum Gasteiger partial charge on any atom is -0.382 e. The van der Waals surface area contributed by atoms with E-state index < -0.39 is 17.3 Å². The van der Waals surface area contributed by atoms with Crippen molar-refractivity contribution in [2.45, 2.75) is 18.8 Å². The van der Waals surface area contributed by atoms with Gasteiger partial charge in [0.15, 0.2) is 5.82 Å². The first-order chi connectivity index (χ1) is 19.3. The summed E-state index contributed by atoms with van der Waals surface area (Å²) in [4.78, 5) is 32.1. The van der Waals surface area contributed by atoms with E-state index in [9.17, 15) is 9.59 Å². The summed E-state index contributed by atoms with van der Waals surface area (Å²) in [5.41, 5.74) is 14.7. The highest BCUT2D eigenvalue weighted by molar-refractivity contribution is 6.00. The number of nitrogens with zero attached hydrogens (tertiary/aromatic N) is 5. The predicted molar refractivity (Wildman–Crippen MR) is 152 cm³/mol. The average Bonchev–Trinajstić information content (AvgIpc) is 3.34. The minimum absolute atomic E-state index is 0.213. The molecule has 1 fully saturated rings. The molecule has 40 heavy (non-hydrogen) atoms. The van der Waals surface area contributed by atoms with Crippen LogP contribution in [0.2, 0.25) is 0 Å². The maximum Gasteiger partial charge on any atom is 0.268 e. The zero-order valence-corrected chi connectivity index (χ0v) is 21.9. The van der Waals surface area contributed by atoms with Crippen LogP contribution in [0.1, 0.15) is 34.8 Å².